The first-order valence-electron chi connectivity index (χ1n) is 9.76. The number of nitrogens with one attached hydrogen (secondary N) is 1. The van der Waals surface area contributed by atoms with Crippen molar-refractivity contribution in [3.05, 3.63) is 84.6 Å². The van der Waals surface area contributed by atoms with E-state index in [1.165, 1.54) is 0 Å². The lowest BCUT2D eigenvalue weighted by Gasteiger charge is -2.12. The Balaban J connectivity index is 1.67. The van der Waals surface area contributed by atoms with Crippen LogP contribution in [0.5, 0.6) is 0 Å². The quantitative estimate of drug-likeness (QED) is 0.292. The highest BCUT2D eigenvalue weighted by atomic mass is 19.4. The van der Waals surface area contributed by atoms with Gasteiger partial charge in [-0.05, 0) is 51.9 Å². The molecule has 3 nitrogen and oxygen atoms in total. The lowest BCUT2D eigenvalue weighted by atomic mass is 10.0. The summed E-state index contributed by atoms with van der Waals surface area (Å²) >= 11 is 0. The summed E-state index contributed by atoms with van der Waals surface area (Å²) in [4.78, 5) is 3.32. The van der Waals surface area contributed by atoms with Gasteiger partial charge in [-0.25, -0.2) is 0 Å². The van der Waals surface area contributed by atoms with Gasteiger partial charge in [0.1, 0.15) is 5.69 Å². The number of benzene rings is 4. The van der Waals surface area contributed by atoms with Crippen LogP contribution in [0.4, 0.5) is 13.2 Å². The van der Waals surface area contributed by atoms with E-state index in [9.17, 15) is 13.2 Å². The highest BCUT2D eigenvalue weighted by Crippen LogP contribution is 2.38. The third-order valence-corrected chi connectivity index (χ3v) is 5.66. The number of hydrogen-bond donors (Lipinski definition) is 1. The van der Waals surface area contributed by atoms with Gasteiger partial charge in [-0.3, -0.25) is 0 Å². The smallest absolute Gasteiger partial charge is 0.353 e. The number of hydrogen-bond acceptors (Lipinski definition) is 2. The molecule has 31 heavy (non-hydrogen) atoms. The van der Waals surface area contributed by atoms with Crippen LogP contribution in [0.15, 0.2) is 78.9 Å². The van der Waals surface area contributed by atoms with Crippen LogP contribution in [0.1, 0.15) is 5.69 Å². The summed E-state index contributed by atoms with van der Waals surface area (Å²) in [5, 5.41) is 12.8. The van der Waals surface area contributed by atoms with Crippen molar-refractivity contribution < 1.29 is 13.2 Å². The van der Waals surface area contributed by atoms with Gasteiger partial charge in [-0.2, -0.15) is 13.2 Å². The molecular formula is C25H14F3N3. The zero-order valence-corrected chi connectivity index (χ0v) is 16.0. The Hall–Kier alpha value is -3.93. The van der Waals surface area contributed by atoms with Crippen molar-refractivity contribution in [1.29, 1.82) is 0 Å². The second-order valence-corrected chi connectivity index (χ2v) is 7.61. The summed E-state index contributed by atoms with van der Waals surface area (Å²) in [6.45, 7) is 0. The SMILES string of the molecule is FC(F)(F)c1nnc(-c2cc3cc4ccccc4cc3[nH]2)c2cc3ccccc3cc12. The fraction of sp³-hybridized carbons (Fsp3) is 0.0400. The monoisotopic (exact) mass is 413 g/mol. The van der Waals surface area contributed by atoms with Gasteiger partial charge >= 0.3 is 6.18 Å². The lowest BCUT2D eigenvalue weighted by Crippen LogP contribution is -2.11. The summed E-state index contributed by atoms with van der Waals surface area (Å²) in [5.74, 6) is 0. The number of alkyl halides is 3. The Morgan fingerprint density at radius 3 is 1.84 bits per heavy atom. The van der Waals surface area contributed by atoms with E-state index in [2.05, 4.69) is 21.2 Å². The zero-order valence-electron chi connectivity index (χ0n) is 16.0. The van der Waals surface area contributed by atoms with Crippen molar-refractivity contribution in [2.24, 2.45) is 0 Å². The molecule has 0 aliphatic carbocycles. The molecule has 2 aromatic heterocycles. The average Bonchev–Trinajstić information content (AvgIpc) is 3.17. The number of H-pyrrole nitrogens is 1. The number of halogens is 3. The topological polar surface area (TPSA) is 41.6 Å². The minimum atomic E-state index is -4.59. The molecule has 150 valence electrons. The molecule has 4 aromatic carbocycles. The molecule has 0 amide bonds. The van der Waals surface area contributed by atoms with E-state index in [1.807, 2.05) is 48.5 Å². The minimum Gasteiger partial charge on any atom is -0.353 e. The molecule has 0 saturated carbocycles. The van der Waals surface area contributed by atoms with E-state index in [0.29, 0.717) is 16.8 Å². The van der Waals surface area contributed by atoms with Gasteiger partial charge in [-0.15, -0.1) is 10.2 Å². The molecule has 1 N–H and O–H groups in total. The van der Waals surface area contributed by atoms with Gasteiger partial charge in [0.25, 0.3) is 0 Å². The zero-order chi connectivity index (χ0) is 21.2. The Bertz CT molecular complexity index is 1580. The third kappa shape index (κ3) is 2.83. The first-order valence-corrected chi connectivity index (χ1v) is 9.76. The maximum absolute atomic E-state index is 13.7. The maximum atomic E-state index is 13.7. The fourth-order valence-electron chi connectivity index (χ4n) is 4.20. The summed E-state index contributed by atoms with van der Waals surface area (Å²) < 4.78 is 41.0. The third-order valence-electron chi connectivity index (χ3n) is 5.66. The first-order chi connectivity index (χ1) is 15.0. The molecule has 6 rings (SSSR count). The van der Waals surface area contributed by atoms with Crippen LogP contribution < -0.4 is 0 Å². The highest BCUT2D eigenvalue weighted by molar-refractivity contribution is 6.06. The molecule has 0 fully saturated rings. The van der Waals surface area contributed by atoms with Gasteiger partial charge in [0.15, 0.2) is 5.69 Å². The number of aromatic nitrogens is 3. The molecule has 0 bridgehead atoms. The summed E-state index contributed by atoms with van der Waals surface area (Å²) in [6.07, 6.45) is -4.59. The van der Waals surface area contributed by atoms with Crippen LogP contribution in [-0.2, 0) is 6.18 Å². The highest BCUT2D eigenvalue weighted by Gasteiger charge is 2.36. The van der Waals surface area contributed by atoms with E-state index in [-0.39, 0.29) is 5.39 Å². The lowest BCUT2D eigenvalue weighted by molar-refractivity contribution is -0.140. The molecule has 2 heterocycles. The van der Waals surface area contributed by atoms with Crippen molar-refractivity contribution in [3.8, 4) is 11.4 Å². The number of fused-ring (bicyclic) bond motifs is 4. The fourth-order valence-corrected chi connectivity index (χ4v) is 4.20. The summed E-state index contributed by atoms with van der Waals surface area (Å²) in [5.41, 5.74) is 0.948. The van der Waals surface area contributed by atoms with Crippen LogP contribution >= 0.6 is 0 Å². The molecule has 0 aliphatic heterocycles. The standard InChI is InChI=1S/C25H14F3N3/c26-25(27,28)24-20-11-16-7-3-2-6-15(16)10-19(20)23(30-31-24)22-13-18-9-14-5-1-4-8-17(14)12-21(18)29-22/h1-13,29H. The summed E-state index contributed by atoms with van der Waals surface area (Å²) in [6, 6.07) is 24.6. The second-order valence-electron chi connectivity index (χ2n) is 7.61. The van der Waals surface area contributed by atoms with Gasteiger partial charge in [-0.1, -0.05) is 48.5 Å². The minimum absolute atomic E-state index is 0.0417. The predicted molar refractivity (Wildman–Crippen MR) is 117 cm³/mol. The van der Waals surface area contributed by atoms with Gasteiger partial charge < -0.3 is 4.98 Å². The van der Waals surface area contributed by atoms with E-state index >= 15 is 0 Å². The van der Waals surface area contributed by atoms with Crippen LogP contribution in [0.25, 0.3) is 54.6 Å². The Morgan fingerprint density at radius 2 is 1.19 bits per heavy atom. The van der Waals surface area contributed by atoms with Gasteiger partial charge in [0, 0.05) is 21.7 Å². The average molecular weight is 413 g/mol. The van der Waals surface area contributed by atoms with Crippen molar-refractivity contribution >= 4 is 43.2 Å². The molecule has 0 aliphatic rings. The van der Waals surface area contributed by atoms with Crippen molar-refractivity contribution in [2.75, 3.05) is 0 Å². The van der Waals surface area contributed by atoms with E-state index in [0.717, 1.165) is 32.4 Å². The predicted octanol–water partition coefficient (Wildman–Crippen LogP) is 7.10. The Labute approximate surface area is 174 Å². The molecule has 0 spiro atoms. The van der Waals surface area contributed by atoms with Crippen LogP contribution in [0.2, 0.25) is 0 Å². The van der Waals surface area contributed by atoms with E-state index in [1.54, 1.807) is 24.3 Å². The van der Waals surface area contributed by atoms with Crippen LogP contribution in [0.3, 0.4) is 0 Å². The summed E-state index contributed by atoms with van der Waals surface area (Å²) in [7, 11) is 0. The van der Waals surface area contributed by atoms with Gasteiger partial charge in [0.05, 0.1) is 5.69 Å². The second kappa shape index (κ2) is 6.28. The van der Waals surface area contributed by atoms with Gasteiger partial charge in [0.2, 0.25) is 0 Å². The van der Waals surface area contributed by atoms with E-state index in [4.69, 9.17) is 0 Å². The van der Waals surface area contributed by atoms with Crippen molar-refractivity contribution in [1.82, 2.24) is 15.2 Å². The molecule has 0 saturated heterocycles. The molecule has 6 aromatic rings. The van der Waals surface area contributed by atoms with Crippen molar-refractivity contribution in [3.63, 3.8) is 0 Å². The normalized spacial score (nSPS) is 12.4. The maximum Gasteiger partial charge on any atom is 0.435 e. The Morgan fingerprint density at radius 1 is 0.613 bits per heavy atom. The first kappa shape index (κ1) is 17.9. The number of nitrogens with zero attached hydrogens (tertiary/aromatic N) is 2. The van der Waals surface area contributed by atoms with Crippen LogP contribution in [0, 0.1) is 0 Å². The molecule has 0 atom stereocenters. The molecular weight excluding hydrogens is 399 g/mol. The molecule has 6 heteroatoms. The van der Waals surface area contributed by atoms with E-state index < -0.39 is 11.9 Å². The van der Waals surface area contributed by atoms with Crippen molar-refractivity contribution in [2.45, 2.75) is 6.18 Å². The number of rotatable bonds is 1. The molecule has 0 unspecified atom stereocenters. The number of aromatic amines is 1. The van der Waals surface area contributed by atoms with Crippen LogP contribution in [-0.4, -0.2) is 15.2 Å². The molecule has 0 radical (unpaired) electrons. The largest absolute Gasteiger partial charge is 0.435 e. The Kier molecular flexibility index (Phi) is 3.63.